The average molecular weight is 402 g/mol. The molecule has 0 saturated carbocycles. The van der Waals surface area contributed by atoms with Gasteiger partial charge in [0.1, 0.15) is 13.2 Å². The van der Waals surface area contributed by atoms with E-state index < -0.39 is 0 Å². The maximum atomic E-state index is 5.10. The van der Waals surface area contributed by atoms with Gasteiger partial charge in [0.2, 0.25) is 0 Å². The predicted octanol–water partition coefficient (Wildman–Crippen LogP) is 6.43. The van der Waals surface area contributed by atoms with Gasteiger partial charge in [-0.2, -0.15) is 0 Å². The van der Waals surface area contributed by atoms with Crippen LogP contribution in [0.25, 0.3) is 32.7 Å². The minimum atomic E-state index is 0.426. The zero-order valence-corrected chi connectivity index (χ0v) is 17.8. The van der Waals surface area contributed by atoms with Gasteiger partial charge in [-0.1, -0.05) is 48.5 Å². The SMILES string of the molecule is COOCc1ccc2c(-c3c(C)ccc4cc(COOC)ccc34)c(C)ccc2c1. The second-order valence-corrected chi connectivity index (χ2v) is 7.48. The summed E-state index contributed by atoms with van der Waals surface area (Å²) in [6.07, 6.45) is 0. The highest BCUT2D eigenvalue weighted by Crippen LogP contribution is 2.39. The van der Waals surface area contributed by atoms with Crippen LogP contribution < -0.4 is 0 Å². The fourth-order valence-electron chi connectivity index (χ4n) is 4.07. The van der Waals surface area contributed by atoms with Gasteiger partial charge in [0.05, 0.1) is 14.2 Å². The van der Waals surface area contributed by atoms with Crippen LogP contribution in [-0.2, 0) is 32.8 Å². The number of aryl methyl sites for hydroxylation is 2. The molecule has 0 aliphatic rings. The first-order valence-electron chi connectivity index (χ1n) is 9.98. The summed E-state index contributed by atoms with van der Waals surface area (Å²) in [7, 11) is 3.05. The third-order valence-electron chi connectivity index (χ3n) is 5.52. The van der Waals surface area contributed by atoms with Crippen molar-refractivity contribution < 1.29 is 19.6 Å². The van der Waals surface area contributed by atoms with E-state index in [4.69, 9.17) is 19.6 Å². The third-order valence-corrected chi connectivity index (χ3v) is 5.52. The summed E-state index contributed by atoms with van der Waals surface area (Å²) in [5.74, 6) is 0. The van der Waals surface area contributed by atoms with E-state index in [1.54, 1.807) is 0 Å². The Hall–Kier alpha value is -2.76. The van der Waals surface area contributed by atoms with Crippen molar-refractivity contribution in [3.8, 4) is 11.1 Å². The number of rotatable bonds is 7. The van der Waals surface area contributed by atoms with E-state index in [9.17, 15) is 0 Å². The van der Waals surface area contributed by atoms with Crippen LogP contribution in [0.15, 0.2) is 60.7 Å². The highest BCUT2D eigenvalue weighted by atomic mass is 17.2. The molecule has 4 rings (SSSR count). The Bertz CT molecular complexity index is 1100. The van der Waals surface area contributed by atoms with Gasteiger partial charge in [0, 0.05) is 0 Å². The summed E-state index contributed by atoms with van der Waals surface area (Å²) < 4.78 is 0. The molecular formula is C26H26O4. The minimum Gasteiger partial charge on any atom is -0.240 e. The lowest BCUT2D eigenvalue weighted by Crippen LogP contribution is -1.95. The molecule has 0 radical (unpaired) electrons. The van der Waals surface area contributed by atoms with Gasteiger partial charge in [-0.25, -0.2) is 19.6 Å². The van der Waals surface area contributed by atoms with Gasteiger partial charge in [-0.05, 0) is 80.9 Å². The van der Waals surface area contributed by atoms with Crippen molar-refractivity contribution in [1.82, 2.24) is 0 Å². The smallest absolute Gasteiger partial charge is 0.107 e. The molecule has 0 aliphatic heterocycles. The van der Waals surface area contributed by atoms with Crippen LogP contribution >= 0.6 is 0 Å². The van der Waals surface area contributed by atoms with Gasteiger partial charge in [0.15, 0.2) is 0 Å². The molecule has 4 heteroatoms. The Balaban J connectivity index is 1.90. The van der Waals surface area contributed by atoms with Gasteiger partial charge < -0.3 is 0 Å². The van der Waals surface area contributed by atoms with E-state index in [2.05, 4.69) is 74.5 Å². The van der Waals surface area contributed by atoms with E-state index in [0.717, 1.165) is 11.1 Å². The van der Waals surface area contributed by atoms with Crippen molar-refractivity contribution in [2.75, 3.05) is 14.2 Å². The number of hydrogen-bond acceptors (Lipinski definition) is 4. The van der Waals surface area contributed by atoms with Crippen molar-refractivity contribution >= 4 is 21.5 Å². The lowest BCUT2D eigenvalue weighted by Gasteiger charge is -2.17. The van der Waals surface area contributed by atoms with Crippen molar-refractivity contribution in [3.63, 3.8) is 0 Å². The molecule has 30 heavy (non-hydrogen) atoms. The monoisotopic (exact) mass is 402 g/mol. The molecule has 0 saturated heterocycles. The Labute approximate surface area is 176 Å². The number of benzene rings is 4. The van der Waals surface area contributed by atoms with Gasteiger partial charge >= 0.3 is 0 Å². The van der Waals surface area contributed by atoms with Gasteiger partial charge in [-0.3, -0.25) is 0 Å². The Morgan fingerprint density at radius 1 is 0.567 bits per heavy atom. The Kier molecular flexibility index (Phi) is 6.11. The molecule has 0 aromatic heterocycles. The highest BCUT2D eigenvalue weighted by Gasteiger charge is 2.14. The Morgan fingerprint density at radius 3 is 1.40 bits per heavy atom. The minimum absolute atomic E-state index is 0.426. The average Bonchev–Trinajstić information content (AvgIpc) is 2.77. The number of hydrogen-bond donors (Lipinski definition) is 0. The molecule has 0 N–H and O–H groups in total. The van der Waals surface area contributed by atoms with Crippen molar-refractivity contribution in [1.29, 1.82) is 0 Å². The molecule has 4 aromatic carbocycles. The van der Waals surface area contributed by atoms with E-state index >= 15 is 0 Å². The highest BCUT2D eigenvalue weighted by molar-refractivity contribution is 6.07. The third kappa shape index (κ3) is 3.95. The van der Waals surface area contributed by atoms with Crippen molar-refractivity contribution in [2.45, 2.75) is 27.1 Å². The van der Waals surface area contributed by atoms with Crippen LogP contribution in [-0.4, -0.2) is 14.2 Å². The van der Waals surface area contributed by atoms with E-state index in [0.29, 0.717) is 13.2 Å². The Morgan fingerprint density at radius 2 is 1.00 bits per heavy atom. The zero-order chi connectivity index (χ0) is 21.1. The molecule has 0 heterocycles. The van der Waals surface area contributed by atoms with Crippen LogP contribution in [0.4, 0.5) is 0 Å². The fourth-order valence-corrected chi connectivity index (χ4v) is 4.07. The molecule has 0 atom stereocenters. The lowest BCUT2D eigenvalue weighted by atomic mass is 9.87. The largest absolute Gasteiger partial charge is 0.240 e. The summed E-state index contributed by atoms with van der Waals surface area (Å²) in [6, 6.07) is 21.6. The van der Waals surface area contributed by atoms with Crippen LogP contribution in [0.2, 0.25) is 0 Å². The van der Waals surface area contributed by atoms with Crippen LogP contribution in [0.3, 0.4) is 0 Å². The summed E-state index contributed by atoms with van der Waals surface area (Å²) in [4.78, 5) is 19.7. The molecule has 0 amide bonds. The summed E-state index contributed by atoms with van der Waals surface area (Å²) in [6.45, 7) is 5.20. The maximum Gasteiger partial charge on any atom is 0.107 e. The first-order chi connectivity index (χ1) is 14.6. The molecule has 0 spiro atoms. The molecule has 4 aromatic rings. The lowest BCUT2D eigenvalue weighted by molar-refractivity contribution is -0.282. The van der Waals surface area contributed by atoms with Gasteiger partial charge in [0.25, 0.3) is 0 Å². The molecule has 0 aliphatic carbocycles. The summed E-state index contributed by atoms with van der Waals surface area (Å²) in [5, 5.41) is 4.85. The quantitative estimate of drug-likeness (QED) is 0.264. The first kappa shape index (κ1) is 20.5. The molecule has 4 nitrogen and oxygen atoms in total. The standard InChI is InChI=1S/C26H26O4/c1-17-5-9-21-13-19(15-29-27-3)7-11-23(21)25(17)26-18(2)6-10-22-14-20(16-30-28-4)8-12-24(22)26/h5-14H,15-16H2,1-4H3. The second-order valence-electron chi connectivity index (χ2n) is 7.48. The molecule has 0 unspecified atom stereocenters. The van der Waals surface area contributed by atoms with Gasteiger partial charge in [-0.15, -0.1) is 0 Å². The molecular weight excluding hydrogens is 376 g/mol. The topological polar surface area (TPSA) is 36.9 Å². The van der Waals surface area contributed by atoms with E-state index in [1.807, 2.05) is 0 Å². The van der Waals surface area contributed by atoms with Crippen molar-refractivity contribution in [3.05, 3.63) is 82.9 Å². The predicted molar refractivity (Wildman–Crippen MR) is 120 cm³/mol. The maximum absolute atomic E-state index is 5.10. The molecule has 154 valence electrons. The van der Waals surface area contributed by atoms with Crippen LogP contribution in [0, 0.1) is 13.8 Å². The second kappa shape index (κ2) is 8.94. The van der Waals surface area contributed by atoms with Crippen molar-refractivity contribution in [2.24, 2.45) is 0 Å². The first-order valence-corrected chi connectivity index (χ1v) is 9.98. The summed E-state index contributed by atoms with van der Waals surface area (Å²) in [5.41, 5.74) is 7.22. The summed E-state index contributed by atoms with van der Waals surface area (Å²) >= 11 is 0. The number of fused-ring (bicyclic) bond motifs is 2. The molecule has 0 bridgehead atoms. The fraction of sp³-hybridized carbons (Fsp3) is 0.231. The van der Waals surface area contributed by atoms with E-state index in [-0.39, 0.29) is 0 Å². The zero-order valence-electron chi connectivity index (χ0n) is 17.8. The van der Waals surface area contributed by atoms with E-state index in [1.165, 1.54) is 58.0 Å². The van der Waals surface area contributed by atoms with Crippen LogP contribution in [0.5, 0.6) is 0 Å². The normalized spacial score (nSPS) is 11.5. The van der Waals surface area contributed by atoms with Crippen LogP contribution in [0.1, 0.15) is 22.3 Å². The molecule has 0 fully saturated rings.